The van der Waals surface area contributed by atoms with Crippen molar-refractivity contribution in [3.8, 4) is 6.01 Å². The molecule has 27 heavy (non-hydrogen) atoms. The van der Waals surface area contributed by atoms with Gasteiger partial charge in [0.1, 0.15) is 11.7 Å². The molecule has 2 aromatic rings. The number of aryl methyl sites for hydroxylation is 3. The first-order valence-corrected chi connectivity index (χ1v) is 9.27. The number of hydrogen-bond donors (Lipinski definition) is 0. The Bertz CT molecular complexity index is 844. The Hall–Kier alpha value is -2.54. The van der Waals surface area contributed by atoms with Gasteiger partial charge < -0.3 is 14.4 Å². The van der Waals surface area contributed by atoms with Crippen LogP contribution in [0.25, 0.3) is 0 Å². The SMILES string of the molecule is Cc1cc(C(=O)N2CC3(C[C@@H](Oc4nccc(C)n4)CCO3)C2)cc(C)n1. The summed E-state index contributed by atoms with van der Waals surface area (Å²) >= 11 is 0. The molecule has 1 amide bonds. The van der Waals surface area contributed by atoms with Crippen LogP contribution in [0.1, 0.15) is 40.3 Å². The Labute approximate surface area is 158 Å². The fourth-order valence-electron chi connectivity index (χ4n) is 3.87. The number of aromatic nitrogens is 3. The highest BCUT2D eigenvalue weighted by Crippen LogP contribution is 2.36. The molecular weight excluding hydrogens is 344 g/mol. The third-order valence-electron chi connectivity index (χ3n) is 5.07. The van der Waals surface area contributed by atoms with Crippen LogP contribution in [0.5, 0.6) is 6.01 Å². The Kier molecular flexibility index (Phi) is 4.55. The van der Waals surface area contributed by atoms with Crippen LogP contribution >= 0.6 is 0 Å². The van der Waals surface area contributed by atoms with E-state index in [0.29, 0.717) is 31.3 Å². The lowest BCUT2D eigenvalue weighted by molar-refractivity contribution is -0.174. The molecule has 2 aromatic heterocycles. The van der Waals surface area contributed by atoms with Crippen LogP contribution < -0.4 is 4.74 Å². The highest BCUT2D eigenvalue weighted by Gasteiger charge is 2.50. The van der Waals surface area contributed by atoms with Crippen molar-refractivity contribution in [1.82, 2.24) is 19.9 Å². The van der Waals surface area contributed by atoms with Crippen LogP contribution in [0.4, 0.5) is 0 Å². The summed E-state index contributed by atoms with van der Waals surface area (Å²) in [6.07, 6.45) is 3.25. The van der Waals surface area contributed by atoms with Gasteiger partial charge in [0.15, 0.2) is 0 Å². The normalized spacial score (nSPS) is 21.0. The summed E-state index contributed by atoms with van der Waals surface area (Å²) in [6.45, 7) is 7.51. The number of nitrogens with zero attached hydrogens (tertiary/aromatic N) is 4. The standard InChI is InChI=1S/C20H24N4O3/c1-13-4-6-21-19(23-13)27-17-5-7-26-20(10-17)11-24(12-20)18(25)16-8-14(2)22-15(3)9-16/h4,6,8-9,17H,5,7,10-12H2,1-3H3/t17-/m0/s1. The molecule has 0 unspecified atom stereocenters. The van der Waals surface area contributed by atoms with Crippen LogP contribution in [0, 0.1) is 20.8 Å². The van der Waals surface area contributed by atoms with Crippen LogP contribution in [0.2, 0.25) is 0 Å². The number of likely N-dealkylation sites (tertiary alicyclic amines) is 1. The first-order valence-electron chi connectivity index (χ1n) is 9.27. The van der Waals surface area contributed by atoms with E-state index in [1.807, 2.05) is 43.9 Å². The molecule has 0 N–H and O–H groups in total. The van der Waals surface area contributed by atoms with Crippen LogP contribution in [0.15, 0.2) is 24.4 Å². The van der Waals surface area contributed by atoms with E-state index in [4.69, 9.17) is 9.47 Å². The molecule has 1 atom stereocenters. The summed E-state index contributed by atoms with van der Waals surface area (Å²) in [5.41, 5.74) is 2.96. The summed E-state index contributed by atoms with van der Waals surface area (Å²) in [6, 6.07) is 5.93. The lowest BCUT2D eigenvalue weighted by Gasteiger charge is -2.52. The Morgan fingerprint density at radius 2 is 1.93 bits per heavy atom. The topological polar surface area (TPSA) is 77.4 Å². The van der Waals surface area contributed by atoms with E-state index in [0.717, 1.165) is 29.9 Å². The number of carbonyl (C=O) groups excluding carboxylic acids is 1. The molecule has 7 nitrogen and oxygen atoms in total. The van der Waals surface area contributed by atoms with E-state index in [9.17, 15) is 4.79 Å². The first-order chi connectivity index (χ1) is 12.9. The van der Waals surface area contributed by atoms with Gasteiger partial charge in [-0.2, -0.15) is 0 Å². The second-order valence-electron chi connectivity index (χ2n) is 7.54. The van der Waals surface area contributed by atoms with E-state index < -0.39 is 0 Å². The highest BCUT2D eigenvalue weighted by molar-refractivity contribution is 5.95. The number of pyridine rings is 1. The van der Waals surface area contributed by atoms with Gasteiger partial charge in [-0.3, -0.25) is 9.78 Å². The van der Waals surface area contributed by atoms with E-state index in [2.05, 4.69) is 15.0 Å². The van der Waals surface area contributed by atoms with Crippen molar-refractivity contribution in [2.45, 2.75) is 45.3 Å². The summed E-state index contributed by atoms with van der Waals surface area (Å²) in [5, 5.41) is 0. The average Bonchev–Trinajstić information content (AvgIpc) is 2.58. The third-order valence-corrected chi connectivity index (χ3v) is 5.07. The maximum Gasteiger partial charge on any atom is 0.316 e. The summed E-state index contributed by atoms with van der Waals surface area (Å²) in [7, 11) is 0. The smallest absolute Gasteiger partial charge is 0.316 e. The molecule has 7 heteroatoms. The second-order valence-corrected chi connectivity index (χ2v) is 7.54. The summed E-state index contributed by atoms with van der Waals surface area (Å²) in [5.74, 6) is 0.0304. The van der Waals surface area contributed by atoms with Gasteiger partial charge in [-0.15, -0.1) is 0 Å². The number of hydrogen-bond acceptors (Lipinski definition) is 6. The summed E-state index contributed by atoms with van der Waals surface area (Å²) < 4.78 is 12.0. The van der Waals surface area contributed by atoms with E-state index in [-0.39, 0.29) is 17.6 Å². The van der Waals surface area contributed by atoms with Gasteiger partial charge in [0.2, 0.25) is 0 Å². The molecule has 0 aromatic carbocycles. The van der Waals surface area contributed by atoms with Gasteiger partial charge in [-0.05, 0) is 39.0 Å². The highest BCUT2D eigenvalue weighted by atomic mass is 16.5. The molecule has 142 valence electrons. The molecule has 2 fully saturated rings. The predicted molar refractivity (Wildman–Crippen MR) is 98.7 cm³/mol. The molecule has 0 radical (unpaired) electrons. The lowest BCUT2D eigenvalue weighted by atomic mass is 9.84. The monoisotopic (exact) mass is 368 g/mol. The predicted octanol–water partition coefficient (Wildman–Crippen LogP) is 2.25. The molecule has 2 saturated heterocycles. The van der Waals surface area contributed by atoms with Gasteiger partial charge in [0.05, 0.1) is 19.7 Å². The van der Waals surface area contributed by atoms with E-state index in [1.54, 1.807) is 6.20 Å². The van der Waals surface area contributed by atoms with Gasteiger partial charge >= 0.3 is 6.01 Å². The van der Waals surface area contributed by atoms with Gasteiger partial charge in [0, 0.05) is 41.7 Å². The number of ether oxygens (including phenoxy) is 2. The number of rotatable bonds is 3. The van der Waals surface area contributed by atoms with Crippen molar-refractivity contribution < 1.29 is 14.3 Å². The Morgan fingerprint density at radius 3 is 2.63 bits per heavy atom. The van der Waals surface area contributed by atoms with E-state index in [1.165, 1.54) is 0 Å². The molecule has 0 saturated carbocycles. The van der Waals surface area contributed by atoms with Crippen molar-refractivity contribution in [3.05, 3.63) is 47.0 Å². The zero-order valence-corrected chi connectivity index (χ0v) is 15.9. The van der Waals surface area contributed by atoms with Crippen molar-refractivity contribution in [3.63, 3.8) is 0 Å². The molecule has 1 spiro atoms. The minimum atomic E-state index is -0.320. The molecule has 0 bridgehead atoms. The van der Waals surface area contributed by atoms with Gasteiger partial charge in [-0.1, -0.05) is 0 Å². The fraction of sp³-hybridized carbons (Fsp3) is 0.500. The molecule has 0 aliphatic carbocycles. The van der Waals surface area contributed by atoms with Crippen molar-refractivity contribution >= 4 is 5.91 Å². The molecule has 4 heterocycles. The van der Waals surface area contributed by atoms with Crippen LogP contribution in [0.3, 0.4) is 0 Å². The average molecular weight is 368 g/mol. The van der Waals surface area contributed by atoms with Crippen molar-refractivity contribution in [1.29, 1.82) is 0 Å². The lowest BCUT2D eigenvalue weighted by Crippen LogP contribution is -2.67. The largest absolute Gasteiger partial charge is 0.460 e. The van der Waals surface area contributed by atoms with Crippen molar-refractivity contribution in [2.24, 2.45) is 0 Å². The Balaban J connectivity index is 1.39. The number of amides is 1. The summed E-state index contributed by atoms with van der Waals surface area (Å²) in [4.78, 5) is 27.4. The van der Waals surface area contributed by atoms with Crippen LogP contribution in [-0.4, -0.2) is 57.2 Å². The first kappa shape index (κ1) is 17.9. The Morgan fingerprint density at radius 1 is 1.19 bits per heavy atom. The molecule has 4 rings (SSSR count). The minimum absolute atomic E-state index is 0.00298. The maximum atomic E-state index is 12.8. The maximum absolute atomic E-state index is 12.8. The van der Waals surface area contributed by atoms with Gasteiger partial charge in [-0.25, -0.2) is 9.97 Å². The van der Waals surface area contributed by atoms with Crippen LogP contribution in [-0.2, 0) is 4.74 Å². The van der Waals surface area contributed by atoms with E-state index >= 15 is 0 Å². The second kappa shape index (κ2) is 6.88. The molecule has 2 aliphatic heterocycles. The fourth-order valence-corrected chi connectivity index (χ4v) is 3.87. The minimum Gasteiger partial charge on any atom is -0.460 e. The molecule has 2 aliphatic rings. The van der Waals surface area contributed by atoms with Crippen molar-refractivity contribution in [2.75, 3.05) is 19.7 Å². The van der Waals surface area contributed by atoms with Gasteiger partial charge in [0.25, 0.3) is 5.91 Å². The zero-order chi connectivity index (χ0) is 19.0. The quantitative estimate of drug-likeness (QED) is 0.827. The zero-order valence-electron chi connectivity index (χ0n) is 15.9. The number of carbonyl (C=O) groups is 1. The third kappa shape index (κ3) is 3.78. The molecular formula is C20H24N4O3.